The van der Waals surface area contributed by atoms with Crippen LogP contribution < -0.4 is 0 Å². The minimum Gasteiger partial charge on any atom is -0.339 e. The van der Waals surface area contributed by atoms with Crippen molar-refractivity contribution in [1.82, 2.24) is 14.4 Å². The third-order valence-electron chi connectivity index (χ3n) is 4.35. The summed E-state index contributed by atoms with van der Waals surface area (Å²) in [6.45, 7) is 2.15. The first-order valence-electron chi connectivity index (χ1n) is 8.11. The lowest BCUT2D eigenvalue weighted by Gasteiger charge is -2.04. The van der Waals surface area contributed by atoms with Gasteiger partial charge in [-0.15, -0.1) is 0 Å². The molecule has 0 bridgehead atoms. The highest BCUT2D eigenvalue weighted by Gasteiger charge is 2.10. The third-order valence-corrected chi connectivity index (χ3v) is 4.90. The van der Waals surface area contributed by atoms with Crippen LogP contribution >= 0.6 is 23.8 Å². The van der Waals surface area contributed by atoms with Gasteiger partial charge < -0.3 is 4.98 Å². The highest BCUT2D eigenvalue weighted by Crippen LogP contribution is 2.28. The molecular weight excluding hydrogens is 350 g/mol. The average Bonchev–Trinajstić information content (AvgIpc) is 3.09. The summed E-state index contributed by atoms with van der Waals surface area (Å²) in [5, 5.41) is 0.712. The number of aromatic amines is 1. The Balaban J connectivity index is 1.89. The number of aromatic nitrogens is 3. The monoisotopic (exact) mass is 365 g/mol. The topological polar surface area (TPSA) is 33.1 Å². The average molecular weight is 366 g/mol. The van der Waals surface area contributed by atoms with Crippen molar-refractivity contribution in [2.45, 2.75) is 13.3 Å². The van der Waals surface area contributed by atoms with E-state index in [2.05, 4.69) is 41.2 Å². The number of nitrogens with one attached hydrogen (secondary N) is 1. The van der Waals surface area contributed by atoms with Crippen LogP contribution in [-0.2, 0) is 6.42 Å². The lowest BCUT2D eigenvalue weighted by molar-refractivity contribution is 1.06. The number of rotatable bonds is 3. The first-order valence-corrected chi connectivity index (χ1v) is 8.90. The number of H-pyrrole nitrogens is 1. The maximum absolute atomic E-state index is 6.01. The van der Waals surface area contributed by atoms with Gasteiger partial charge in [0.05, 0.1) is 5.69 Å². The van der Waals surface area contributed by atoms with Gasteiger partial charge in [-0.3, -0.25) is 4.40 Å². The lowest BCUT2D eigenvalue weighted by Crippen LogP contribution is -1.92. The van der Waals surface area contributed by atoms with E-state index >= 15 is 0 Å². The summed E-state index contributed by atoms with van der Waals surface area (Å²) in [7, 11) is 0. The number of hydrogen-bond donors (Lipinski definition) is 1. The molecule has 25 heavy (non-hydrogen) atoms. The molecule has 2 aromatic carbocycles. The summed E-state index contributed by atoms with van der Waals surface area (Å²) < 4.78 is 2.45. The van der Waals surface area contributed by atoms with Crippen molar-refractivity contribution in [3.8, 4) is 22.4 Å². The molecule has 3 nitrogen and oxygen atoms in total. The number of aryl methyl sites for hydroxylation is 1. The molecular formula is C20H16ClN3S. The van der Waals surface area contributed by atoms with E-state index in [0.29, 0.717) is 9.79 Å². The van der Waals surface area contributed by atoms with E-state index in [1.807, 2.05) is 34.9 Å². The Morgan fingerprint density at radius 2 is 1.72 bits per heavy atom. The van der Waals surface area contributed by atoms with Crippen LogP contribution in [0.5, 0.6) is 0 Å². The van der Waals surface area contributed by atoms with Crippen molar-refractivity contribution < 1.29 is 0 Å². The number of hydrogen-bond acceptors (Lipinski definition) is 2. The van der Waals surface area contributed by atoms with Crippen LogP contribution in [0.3, 0.4) is 0 Å². The molecule has 4 rings (SSSR count). The molecule has 0 atom stereocenters. The largest absolute Gasteiger partial charge is 0.339 e. The van der Waals surface area contributed by atoms with E-state index in [1.54, 1.807) is 6.20 Å². The molecule has 0 radical (unpaired) electrons. The number of nitrogens with zero attached hydrogens (tertiary/aromatic N) is 2. The molecule has 0 aliphatic heterocycles. The van der Waals surface area contributed by atoms with Crippen molar-refractivity contribution in [2.75, 3.05) is 0 Å². The first-order chi connectivity index (χ1) is 12.2. The van der Waals surface area contributed by atoms with Crippen LogP contribution in [0, 0.1) is 4.77 Å². The van der Waals surface area contributed by atoms with E-state index in [-0.39, 0.29) is 0 Å². The zero-order chi connectivity index (χ0) is 17.4. The van der Waals surface area contributed by atoms with Crippen LogP contribution in [0.25, 0.3) is 28.0 Å². The summed E-state index contributed by atoms with van der Waals surface area (Å²) in [6.07, 6.45) is 4.84. The van der Waals surface area contributed by atoms with Crippen molar-refractivity contribution >= 4 is 29.5 Å². The number of halogens is 1. The second-order valence-electron chi connectivity index (χ2n) is 5.90. The summed E-state index contributed by atoms with van der Waals surface area (Å²) in [6, 6.07) is 16.3. The highest BCUT2D eigenvalue weighted by atomic mass is 35.5. The molecule has 0 aliphatic rings. The summed E-state index contributed by atoms with van der Waals surface area (Å²) in [5.41, 5.74) is 6.41. The normalized spacial score (nSPS) is 11.1. The van der Waals surface area contributed by atoms with Gasteiger partial charge in [-0.05, 0) is 47.5 Å². The fraction of sp³-hybridized carbons (Fsp3) is 0.100. The van der Waals surface area contributed by atoms with Crippen molar-refractivity contribution in [3.05, 3.63) is 76.3 Å². The predicted molar refractivity (Wildman–Crippen MR) is 106 cm³/mol. The Bertz CT molecular complexity index is 1090. The fourth-order valence-corrected chi connectivity index (χ4v) is 3.23. The Kier molecular flexibility index (Phi) is 4.15. The van der Waals surface area contributed by atoms with Gasteiger partial charge in [-0.2, -0.15) is 0 Å². The molecule has 2 heterocycles. The van der Waals surface area contributed by atoms with Gasteiger partial charge in [0.25, 0.3) is 0 Å². The quantitative estimate of drug-likeness (QED) is 0.455. The standard InChI is InChI=1S/C20H16ClN3S/c1-2-13-3-5-15(6-4-13)18-12-24-19(23-18)17(11-22-20(24)25)14-7-9-16(21)10-8-14/h3-12,23H,2H2,1H3. The van der Waals surface area contributed by atoms with Gasteiger partial charge in [0.1, 0.15) is 5.65 Å². The van der Waals surface area contributed by atoms with Gasteiger partial charge in [-0.1, -0.05) is 54.9 Å². The van der Waals surface area contributed by atoms with Crippen molar-refractivity contribution in [1.29, 1.82) is 0 Å². The molecule has 5 heteroatoms. The Hall–Kier alpha value is -2.43. The lowest BCUT2D eigenvalue weighted by atomic mass is 10.1. The second kappa shape index (κ2) is 6.47. The molecule has 124 valence electrons. The van der Waals surface area contributed by atoms with Crippen LogP contribution in [0.2, 0.25) is 5.02 Å². The van der Waals surface area contributed by atoms with Gasteiger partial charge in [0.2, 0.25) is 4.77 Å². The summed E-state index contributed by atoms with van der Waals surface area (Å²) in [4.78, 5) is 7.86. The first kappa shape index (κ1) is 16.1. The Labute approximate surface area is 155 Å². The van der Waals surface area contributed by atoms with E-state index in [0.717, 1.165) is 34.5 Å². The third kappa shape index (κ3) is 2.99. The number of benzene rings is 2. The van der Waals surface area contributed by atoms with E-state index in [9.17, 15) is 0 Å². The van der Waals surface area contributed by atoms with Gasteiger partial charge >= 0.3 is 0 Å². The van der Waals surface area contributed by atoms with Gasteiger partial charge in [0.15, 0.2) is 0 Å². The molecule has 0 fully saturated rings. The smallest absolute Gasteiger partial charge is 0.205 e. The van der Waals surface area contributed by atoms with Crippen LogP contribution in [0.1, 0.15) is 12.5 Å². The SMILES string of the molecule is CCc1ccc(-c2cn3c(=S)ncc(-c4ccc(Cl)cc4)c3[nH]2)cc1. The van der Waals surface area contributed by atoms with Crippen molar-refractivity contribution in [3.63, 3.8) is 0 Å². The molecule has 2 aromatic heterocycles. The zero-order valence-corrected chi connectivity index (χ0v) is 15.2. The fourth-order valence-electron chi connectivity index (χ4n) is 2.91. The molecule has 0 aliphatic carbocycles. The van der Waals surface area contributed by atoms with Crippen LogP contribution in [0.15, 0.2) is 60.9 Å². The van der Waals surface area contributed by atoms with Crippen LogP contribution in [0.4, 0.5) is 0 Å². The molecule has 0 saturated carbocycles. The highest BCUT2D eigenvalue weighted by molar-refractivity contribution is 7.71. The van der Waals surface area contributed by atoms with Crippen LogP contribution in [-0.4, -0.2) is 14.4 Å². The maximum Gasteiger partial charge on any atom is 0.205 e. The number of fused-ring (bicyclic) bond motifs is 1. The summed E-state index contributed by atoms with van der Waals surface area (Å²) in [5.74, 6) is 0. The molecule has 0 unspecified atom stereocenters. The maximum atomic E-state index is 6.01. The summed E-state index contributed by atoms with van der Waals surface area (Å²) >= 11 is 11.4. The van der Waals surface area contributed by atoms with Gasteiger partial charge in [0, 0.05) is 23.0 Å². The van der Waals surface area contributed by atoms with E-state index < -0.39 is 0 Å². The molecule has 0 saturated heterocycles. The van der Waals surface area contributed by atoms with E-state index in [1.165, 1.54) is 5.56 Å². The molecule has 0 spiro atoms. The Morgan fingerprint density at radius 1 is 1.04 bits per heavy atom. The second-order valence-corrected chi connectivity index (χ2v) is 6.70. The molecule has 0 amide bonds. The minimum absolute atomic E-state index is 0.528. The Morgan fingerprint density at radius 3 is 2.40 bits per heavy atom. The van der Waals surface area contributed by atoms with E-state index in [4.69, 9.17) is 23.8 Å². The molecule has 1 N–H and O–H groups in total. The zero-order valence-electron chi connectivity index (χ0n) is 13.7. The minimum atomic E-state index is 0.528. The number of imidazole rings is 1. The molecule has 4 aromatic rings. The van der Waals surface area contributed by atoms with Crippen molar-refractivity contribution in [2.24, 2.45) is 0 Å². The van der Waals surface area contributed by atoms with Gasteiger partial charge in [-0.25, -0.2) is 4.98 Å². The predicted octanol–water partition coefficient (Wildman–Crippen LogP) is 5.94.